The van der Waals surface area contributed by atoms with Crippen LogP contribution in [0.5, 0.6) is 0 Å². The van der Waals surface area contributed by atoms with Crippen LogP contribution in [0.1, 0.15) is 71.4 Å². The number of aliphatic hydroxyl groups is 2. The van der Waals surface area contributed by atoms with Gasteiger partial charge in [-0.1, -0.05) is 90.1 Å². The number of hydrogen-bond donors (Lipinski definition) is 2. The minimum absolute atomic E-state index is 0.104. The fourth-order valence-corrected chi connectivity index (χ4v) is 3.97. The SMILES string of the molecule is CC(C)c1ccc(-c2ccc(CO)cc2)cc1.CCC1(C(C)C)COC1.CCC1(CO)COC1. The molecule has 34 heavy (non-hydrogen) atoms. The second-order valence-corrected chi connectivity index (χ2v) is 10.5. The molecule has 0 atom stereocenters. The Morgan fingerprint density at radius 3 is 1.44 bits per heavy atom. The third-order valence-electron chi connectivity index (χ3n) is 7.66. The highest BCUT2D eigenvalue weighted by molar-refractivity contribution is 5.64. The zero-order valence-electron chi connectivity index (χ0n) is 22.1. The van der Waals surface area contributed by atoms with Gasteiger partial charge in [0.25, 0.3) is 0 Å². The van der Waals surface area contributed by atoms with Gasteiger partial charge in [-0.25, -0.2) is 0 Å². The average Bonchev–Trinajstić information content (AvgIpc) is 2.79. The Bertz CT molecular complexity index is 797. The molecule has 0 bridgehead atoms. The Hall–Kier alpha value is -1.72. The van der Waals surface area contributed by atoms with Gasteiger partial charge in [0.1, 0.15) is 0 Å². The van der Waals surface area contributed by atoms with Crippen molar-refractivity contribution in [2.75, 3.05) is 33.0 Å². The maximum Gasteiger partial charge on any atom is 0.0681 e. The molecule has 4 nitrogen and oxygen atoms in total. The largest absolute Gasteiger partial charge is 0.396 e. The molecule has 0 saturated carbocycles. The van der Waals surface area contributed by atoms with E-state index in [1.165, 1.54) is 23.1 Å². The standard InChI is InChI=1S/C16H18O.C8H16O.C6H12O2/c1-12(2)14-7-9-16(10-8-14)15-5-3-13(11-17)4-6-15;1-4-8(7(2)3)5-9-6-8;1-2-6(3-7)4-8-5-6/h3-10,12,17H,11H2,1-2H3;7H,4-6H2,1-3H3;7H,2-5H2,1H3. The summed E-state index contributed by atoms with van der Waals surface area (Å²) in [4.78, 5) is 0. The van der Waals surface area contributed by atoms with Crippen molar-refractivity contribution in [2.45, 2.75) is 66.9 Å². The van der Waals surface area contributed by atoms with Crippen molar-refractivity contribution >= 4 is 0 Å². The molecule has 0 aliphatic carbocycles. The van der Waals surface area contributed by atoms with Crippen LogP contribution >= 0.6 is 0 Å². The highest BCUT2D eigenvalue weighted by atomic mass is 16.5. The summed E-state index contributed by atoms with van der Waals surface area (Å²) in [5.41, 5.74) is 5.41. The lowest BCUT2D eigenvalue weighted by Gasteiger charge is -2.44. The summed E-state index contributed by atoms with van der Waals surface area (Å²) in [6.45, 7) is 17.2. The highest BCUT2D eigenvalue weighted by Crippen LogP contribution is 2.38. The van der Waals surface area contributed by atoms with Gasteiger partial charge in [0.15, 0.2) is 0 Å². The van der Waals surface area contributed by atoms with E-state index in [-0.39, 0.29) is 18.6 Å². The van der Waals surface area contributed by atoms with E-state index in [9.17, 15) is 0 Å². The van der Waals surface area contributed by atoms with Crippen LogP contribution in [0.15, 0.2) is 48.5 Å². The normalized spacial score (nSPS) is 17.6. The predicted molar refractivity (Wildman–Crippen MR) is 141 cm³/mol. The Morgan fingerprint density at radius 1 is 0.735 bits per heavy atom. The molecule has 0 radical (unpaired) electrons. The van der Waals surface area contributed by atoms with Crippen LogP contribution in [0, 0.1) is 16.7 Å². The lowest BCUT2D eigenvalue weighted by molar-refractivity contribution is -0.140. The van der Waals surface area contributed by atoms with E-state index < -0.39 is 0 Å². The van der Waals surface area contributed by atoms with Gasteiger partial charge < -0.3 is 19.7 Å². The highest BCUT2D eigenvalue weighted by Gasteiger charge is 2.39. The molecule has 2 aliphatic rings. The first kappa shape index (κ1) is 28.5. The van der Waals surface area contributed by atoms with Gasteiger partial charge in [0, 0.05) is 10.8 Å². The first-order chi connectivity index (χ1) is 16.2. The van der Waals surface area contributed by atoms with E-state index >= 15 is 0 Å². The van der Waals surface area contributed by atoms with Crippen LogP contribution in [0.3, 0.4) is 0 Å². The van der Waals surface area contributed by atoms with Gasteiger partial charge in [0.05, 0.1) is 39.6 Å². The van der Waals surface area contributed by atoms with Gasteiger partial charge in [0.2, 0.25) is 0 Å². The van der Waals surface area contributed by atoms with E-state index in [0.717, 1.165) is 44.3 Å². The van der Waals surface area contributed by atoms with Gasteiger partial charge in [-0.2, -0.15) is 0 Å². The molecule has 2 aromatic carbocycles. The molecule has 0 unspecified atom stereocenters. The fraction of sp³-hybridized carbons (Fsp3) is 0.600. The molecule has 4 heteroatoms. The van der Waals surface area contributed by atoms with E-state index in [2.05, 4.69) is 77.9 Å². The second kappa shape index (κ2) is 13.4. The molecule has 2 heterocycles. The maximum atomic E-state index is 9.00. The third kappa shape index (κ3) is 7.39. The van der Waals surface area contributed by atoms with Crippen LogP contribution in [0.2, 0.25) is 0 Å². The van der Waals surface area contributed by atoms with E-state index in [0.29, 0.717) is 11.3 Å². The predicted octanol–water partition coefficient (Wildman–Crippen LogP) is 6.44. The minimum Gasteiger partial charge on any atom is -0.396 e. The quantitative estimate of drug-likeness (QED) is 0.489. The zero-order valence-corrected chi connectivity index (χ0v) is 22.1. The van der Waals surface area contributed by atoms with Gasteiger partial charge in [-0.05, 0) is 46.9 Å². The molecular weight excluding hydrogens is 424 g/mol. The molecule has 0 amide bonds. The molecule has 2 aromatic rings. The summed E-state index contributed by atoms with van der Waals surface area (Å²) >= 11 is 0. The van der Waals surface area contributed by atoms with Crippen molar-refractivity contribution in [1.29, 1.82) is 0 Å². The summed E-state index contributed by atoms with van der Waals surface area (Å²) < 4.78 is 10.2. The Balaban J connectivity index is 0.000000201. The zero-order chi connectivity index (χ0) is 25.2. The number of ether oxygens (including phenoxy) is 2. The molecule has 4 rings (SSSR count). The minimum atomic E-state index is 0.104. The number of rotatable bonds is 7. The third-order valence-corrected chi connectivity index (χ3v) is 7.66. The summed E-state index contributed by atoms with van der Waals surface area (Å²) in [6.07, 6.45) is 2.30. The molecule has 2 fully saturated rings. The van der Waals surface area contributed by atoms with Crippen molar-refractivity contribution in [3.63, 3.8) is 0 Å². The second-order valence-electron chi connectivity index (χ2n) is 10.5. The smallest absolute Gasteiger partial charge is 0.0681 e. The van der Waals surface area contributed by atoms with Gasteiger partial charge >= 0.3 is 0 Å². The molecule has 2 saturated heterocycles. The van der Waals surface area contributed by atoms with E-state index in [1.807, 2.05) is 12.1 Å². The van der Waals surface area contributed by atoms with Crippen LogP contribution in [-0.4, -0.2) is 43.2 Å². The number of benzene rings is 2. The van der Waals surface area contributed by atoms with E-state index in [4.69, 9.17) is 19.7 Å². The monoisotopic (exact) mass is 470 g/mol. The van der Waals surface area contributed by atoms with Crippen LogP contribution < -0.4 is 0 Å². The summed E-state index contributed by atoms with van der Waals surface area (Å²) in [6, 6.07) is 16.7. The molecular formula is C30H46O4. The summed E-state index contributed by atoms with van der Waals surface area (Å²) in [5, 5.41) is 17.8. The van der Waals surface area contributed by atoms with Crippen molar-refractivity contribution in [3.8, 4) is 11.1 Å². The first-order valence-electron chi connectivity index (χ1n) is 12.8. The molecule has 190 valence electrons. The summed E-state index contributed by atoms with van der Waals surface area (Å²) in [7, 11) is 0. The van der Waals surface area contributed by atoms with Gasteiger partial charge in [-0.3, -0.25) is 0 Å². The average molecular weight is 471 g/mol. The number of hydrogen-bond acceptors (Lipinski definition) is 4. The fourth-order valence-electron chi connectivity index (χ4n) is 3.97. The van der Waals surface area contributed by atoms with Crippen molar-refractivity contribution in [2.24, 2.45) is 16.7 Å². The summed E-state index contributed by atoms with van der Waals surface area (Å²) in [5.74, 6) is 1.36. The van der Waals surface area contributed by atoms with E-state index in [1.54, 1.807) is 0 Å². The number of aliphatic hydroxyl groups excluding tert-OH is 2. The first-order valence-corrected chi connectivity index (χ1v) is 12.8. The Morgan fingerprint density at radius 2 is 1.24 bits per heavy atom. The van der Waals surface area contributed by atoms with Crippen LogP contribution in [0.25, 0.3) is 11.1 Å². The Kier molecular flexibility index (Phi) is 11.2. The van der Waals surface area contributed by atoms with Crippen molar-refractivity contribution in [1.82, 2.24) is 0 Å². The topological polar surface area (TPSA) is 58.9 Å². The van der Waals surface area contributed by atoms with Crippen molar-refractivity contribution < 1.29 is 19.7 Å². The molecule has 0 spiro atoms. The molecule has 0 aromatic heterocycles. The maximum absolute atomic E-state index is 9.00. The van der Waals surface area contributed by atoms with Crippen LogP contribution in [0.4, 0.5) is 0 Å². The lowest BCUT2D eigenvalue weighted by atomic mass is 9.73. The molecule has 2 N–H and O–H groups in total. The Labute approximate surface area is 207 Å². The van der Waals surface area contributed by atoms with Crippen LogP contribution in [-0.2, 0) is 16.1 Å². The molecule has 2 aliphatic heterocycles. The van der Waals surface area contributed by atoms with Gasteiger partial charge in [-0.15, -0.1) is 0 Å². The van der Waals surface area contributed by atoms with Crippen molar-refractivity contribution in [3.05, 3.63) is 59.7 Å². The lowest BCUT2D eigenvalue weighted by Crippen LogP contribution is -2.46.